The molecule has 2 aromatic rings. The number of anilines is 1. The van der Waals surface area contributed by atoms with E-state index in [-0.39, 0.29) is 15.9 Å². The van der Waals surface area contributed by atoms with Crippen LogP contribution in [0.1, 0.15) is 17.3 Å². The number of amides is 1. The second kappa shape index (κ2) is 7.55. The predicted octanol–water partition coefficient (Wildman–Crippen LogP) is 3.85. The molecule has 0 aliphatic rings. The molecule has 2 rings (SSSR count). The average molecular weight is 375 g/mol. The summed E-state index contributed by atoms with van der Waals surface area (Å²) >= 11 is 11.5. The fraction of sp³-hybridized carbons (Fsp3) is 0.133. The van der Waals surface area contributed by atoms with Gasteiger partial charge in [-0.3, -0.25) is 4.79 Å². The molecule has 1 atom stereocenters. The molecule has 1 aromatic carbocycles. The number of esters is 1. The molecule has 0 aliphatic carbocycles. The van der Waals surface area contributed by atoms with Gasteiger partial charge in [0.25, 0.3) is 5.91 Å². The highest BCUT2D eigenvalue weighted by Crippen LogP contribution is 2.22. The third-order valence-corrected chi connectivity index (χ3v) is 3.35. The van der Waals surface area contributed by atoms with Crippen molar-refractivity contribution in [1.82, 2.24) is 4.98 Å². The lowest BCUT2D eigenvalue weighted by atomic mass is 10.2. The van der Waals surface area contributed by atoms with E-state index in [4.69, 9.17) is 27.9 Å². The minimum absolute atomic E-state index is 0.0296. The third kappa shape index (κ3) is 4.39. The van der Waals surface area contributed by atoms with Gasteiger partial charge in [0.05, 0.1) is 15.6 Å². The number of pyridine rings is 1. The number of nitrogens with zero attached hydrogens (tertiary/aromatic N) is 1. The van der Waals surface area contributed by atoms with E-state index in [1.807, 2.05) is 0 Å². The first-order chi connectivity index (χ1) is 11.3. The van der Waals surface area contributed by atoms with Crippen LogP contribution >= 0.6 is 23.2 Å². The summed E-state index contributed by atoms with van der Waals surface area (Å²) in [5.41, 5.74) is -0.487. The maximum atomic E-state index is 13.5. The average Bonchev–Trinajstić information content (AvgIpc) is 2.49. The number of halogens is 4. The van der Waals surface area contributed by atoms with Crippen LogP contribution in [0.3, 0.4) is 0 Å². The summed E-state index contributed by atoms with van der Waals surface area (Å²) in [6, 6.07) is 3.74. The fourth-order valence-corrected chi connectivity index (χ4v) is 2.08. The van der Waals surface area contributed by atoms with Gasteiger partial charge in [0.15, 0.2) is 11.9 Å². The third-order valence-electron chi connectivity index (χ3n) is 2.85. The van der Waals surface area contributed by atoms with Crippen LogP contribution in [0, 0.1) is 11.6 Å². The Labute approximate surface area is 145 Å². The SMILES string of the molecule is CC(OC(=O)c1ccc(F)cc1F)C(=O)Nc1ncc(Cl)cc1Cl. The largest absolute Gasteiger partial charge is 0.449 e. The molecule has 24 heavy (non-hydrogen) atoms. The van der Waals surface area contributed by atoms with Crippen molar-refractivity contribution < 1.29 is 23.1 Å². The van der Waals surface area contributed by atoms with Crippen LogP contribution < -0.4 is 5.32 Å². The highest BCUT2D eigenvalue weighted by Gasteiger charge is 2.22. The molecule has 0 bridgehead atoms. The van der Waals surface area contributed by atoms with Crippen molar-refractivity contribution in [2.75, 3.05) is 5.32 Å². The van der Waals surface area contributed by atoms with E-state index in [1.54, 1.807) is 0 Å². The minimum Gasteiger partial charge on any atom is -0.449 e. The molecular weight excluding hydrogens is 365 g/mol. The summed E-state index contributed by atoms with van der Waals surface area (Å²) < 4.78 is 31.2. The van der Waals surface area contributed by atoms with Gasteiger partial charge >= 0.3 is 5.97 Å². The highest BCUT2D eigenvalue weighted by atomic mass is 35.5. The van der Waals surface area contributed by atoms with Gasteiger partial charge in [-0.15, -0.1) is 0 Å². The van der Waals surface area contributed by atoms with E-state index in [0.717, 1.165) is 12.1 Å². The summed E-state index contributed by atoms with van der Waals surface area (Å²) in [5.74, 6) is -3.73. The zero-order valence-corrected chi connectivity index (χ0v) is 13.7. The number of hydrogen-bond donors (Lipinski definition) is 1. The number of nitrogens with one attached hydrogen (secondary N) is 1. The maximum absolute atomic E-state index is 13.5. The number of benzene rings is 1. The monoisotopic (exact) mass is 374 g/mol. The number of carbonyl (C=O) groups excluding carboxylic acids is 2. The van der Waals surface area contributed by atoms with Crippen LogP contribution in [-0.2, 0) is 9.53 Å². The van der Waals surface area contributed by atoms with Gasteiger partial charge in [0.2, 0.25) is 0 Å². The Bertz CT molecular complexity index is 802. The van der Waals surface area contributed by atoms with Gasteiger partial charge in [0, 0.05) is 12.3 Å². The molecular formula is C15H10Cl2F2N2O3. The van der Waals surface area contributed by atoms with Crippen LogP contribution in [0.5, 0.6) is 0 Å². The summed E-state index contributed by atoms with van der Waals surface area (Å²) in [5, 5.41) is 2.72. The van der Waals surface area contributed by atoms with Crippen molar-refractivity contribution in [2.45, 2.75) is 13.0 Å². The van der Waals surface area contributed by atoms with E-state index in [2.05, 4.69) is 10.3 Å². The molecule has 0 aliphatic heterocycles. The van der Waals surface area contributed by atoms with Crippen LogP contribution in [0.4, 0.5) is 14.6 Å². The standard InChI is InChI=1S/C15H10Cl2F2N2O3/c1-7(14(22)21-13-11(17)4-8(16)6-20-13)24-15(23)10-3-2-9(18)5-12(10)19/h2-7H,1H3,(H,20,21,22). The van der Waals surface area contributed by atoms with Crippen LogP contribution in [0.2, 0.25) is 10.0 Å². The molecule has 1 amide bonds. The van der Waals surface area contributed by atoms with Crippen molar-refractivity contribution in [3.63, 3.8) is 0 Å². The molecule has 0 fully saturated rings. The molecule has 1 aromatic heterocycles. The molecule has 126 valence electrons. The quantitative estimate of drug-likeness (QED) is 0.825. The van der Waals surface area contributed by atoms with E-state index in [0.29, 0.717) is 6.07 Å². The van der Waals surface area contributed by atoms with Gasteiger partial charge in [-0.2, -0.15) is 0 Å². The minimum atomic E-state index is -1.27. The van der Waals surface area contributed by atoms with Crippen LogP contribution in [-0.4, -0.2) is 23.0 Å². The lowest BCUT2D eigenvalue weighted by Gasteiger charge is -2.14. The number of carbonyl (C=O) groups is 2. The van der Waals surface area contributed by atoms with Crippen molar-refractivity contribution in [2.24, 2.45) is 0 Å². The molecule has 1 N–H and O–H groups in total. The maximum Gasteiger partial charge on any atom is 0.341 e. The molecule has 0 saturated heterocycles. The van der Waals surface area contributed by atoms with Gasteiger partial charge in [-0.05, 0) is 25.1 Å². The number of rotatable bonds is 4. The first-order valence-electron chi connectivity index (χ1n) is 6.56. The fourth-order valence-electron chi connectivity index (χ4n) is 1.66. The normalized spacial score (nSPS) is 11.7. The number of aromatic nitrogens is 1. The molecule has 5 nitrogen and oxygen atoms in total. The van der Waals surface area contributed by atoms with Crippen molar-refractivity contribution in [3.8, 4) is 0 Å². The Hall–Kier alpha value is -2.25. The summed E-state index contributed by atoms with van der Waals surface area (Å²) in [6.45, 7) is 1.28. The molecule has 1 heterocycles. The predicted molar refractivity (Wildman–Crippen MR) is 84.1 cm³/mol. The van der Waals surface area contributed by atoms with E-state index < -0.39 is 35.2 Å². The first-order valence-corrected chi connectivity index (χ1v) is 7.31. The van der Waals surface area contributed by atoms with Crippen molar-refractivity contribution in [3.05, 3.63) is 57.7 Å². The van der Waals surface area contributed by atoms with Crippen molar-refractivity contribution in [1.29, 1.82) is 0 Å². The Morgan fingerprint density at radius 1 is 1.25 bits per heavy atom. The Morgan fingerprint density at radius 3 is 2.58 bits per heavy atom. The summed E-state index contributed by atoms with van der Waals surface area (Å²) in [7, 11) is 0. The molecule has 0 spiro atoms. The number of ether oxygens (including phenoxy) is 1. The summed E-state index contributed by atoms with van der Waals surface area (Å²) in [6.07, 6.45) is 0.00339. The molecule has 0 saturated carbocycles. The van der Waals surface area contributed by atoms with Crippen molar-refractivity contribution >= 4 is 40.9 Å². The smallest absolute Gasteiger partial charge is 0.341 e. The van der Waals surface area contributed by atoms with Gasteiger partial charge in [0.1, 0.15) is 11.6 Å². The zero-order valence-electron chi connectivity index (χ0n) is 12.1. The first kappa shape index (κ1) is 18.1. The molecule has 9 heteroatoms. The Kier molecular flexibility index (Phi) is 5.69. The van der Waals surface area contributed by atoms with Gasteiger partial charge < -0.3 is 10.1 Å². The van der Waals surface area contributed by atoms with E-state index in [9.17, 15) is 18.4 Å². The van der Waals surface area contributed by atoms with Gasteiger partial charge in [-0.25, -0.2) is 18.6 Å². The summed E-state index contributed by atoms with van der Waals surface area (Å²) in [4.78, 5) is 27.6. The highest BCUT2D eigenvalue weighted by molar-refractivity contribution is 6.36. The van der Waals surface area contributed by atoms with Crippen LogP contribution in [0.25, 0.3) is 0 Å². The number of hydrogen-bond acceptors (Lipinski definition) is 4. The lowest BCUT2D eigenvalue weighted by molar-refractivity contribution is -0.123. The zero-order chi connectivity index (χ0) is 17.9. The molecule has 0 radical (unpaired) electrons. The topological polar surface area (TPSA) is 68.3 Å². The van der Waals surface area contributed by atoms with Crippen LogP contribution in [0.15, 0.2) is 30.5 Å². The second-order valence-corrected chi connectivity index (χ2v) is 5.49. The lowest BCUT2D eigenvalue weighted by Crippen LogP contribution is -2.30. The van der Waals surface area contributed by atoms with Gasteiger partial charge in [-0.1, -0.05) is 23.2 Å². The Balaban J connectivity index is 2.04. The molecule has 1 unspecified atom stereocenters. The van der Waals surface area contributed by atoms with E-state index in [1.165, 1.54) is 19.2 Å². The second-order valence-electron chi connectivity index (χ2n) is 4.64. The van der Waals surface area contributed by atoms with E-state index >= 15 is 0 Å². The Morgan fingerprint density at radius 2 is 1.96 bits per heavy atom.